The number of benzene rings is 1. The standard InChI is InChI=1S/C19H24FN3O2S/c1-14(2)25-18-5-3-15(4-6-18)12-23-8-7-17(13-23)22-26(24)19-9-16(20)10-21-11-19/h3-6,9-11,14,17,22H,7-8,12-13H2,1-2H3/t17-,26?/m1/s1. The van der Waals surface area contributed by atoms with Crippen LogP contribution >= 0.6 is 0 Å². The quantitative estimate of drug-likeness (QED) is 0.752. The molecule has 5 nitrogen and oxygen atoms in total. The van der Waals surface area contributed by atoms with Crippen LogP contribution in [0.1, 0.15) is 25.8 Å². The van der Waals surface area contributed by atoms with Gasteiger partial charge in [0, 0.05) is 25.7 Å². The predicted octanol–water partition coefficient (Wildman–Crippen LogP) is 2.89. The van der Waals surface area contributed by atoms with Gasteiger partial charge in [0.2, 0.25) is 0 Å². The number of halogens is 1. The van der Waals surface area contributed by atoms with Gasteiger partial charge in [0.1, 0.15) is 11.6 Å². The minimum Gasteiger partial charge on any atom is -0.593 e. The monoisotopic (exact) mass is 377 g/mol. The second-order valence-electron chi connectivity index (χ2n) is 6.76. The van der Waals surface area contributed by atoms with Crippen molar-refractivity contribution in [1.29, 1.82) is 0 Å². The van der Waals surface area contributed by atoms with Crippen molar-refractivity contribution in [3.63, 3.8) is 0 Å². The summed E-state index contributed by atoms with van der Waals surface area (Å²) in [5.74, 6) is 0.402. The Kier molecular flexibility index (Phi) is 6.48. The molecule has 26 heavy (non-hydrogen) atoms. The second kappa shape index (κ2) is 8.81. The molecule has 1 aliphatic rings. The number of pyridine rings is 1. The Labute approximate surface area is 156 Å². The summed E-state index contributed by atoms with van der Waals surface area (Å²) in [6.45, 7) is 6.60. The highest BCUT2D eigenvalue weighted by Gasteiger charge is 2.27. The highest BCUT2D eigenvalue weighted by molar-refractivity contribution is 7.89. The van der Waals surface area contributed by atoms with E-state index < -0.39 is 17.2 Å². The molecule has 1 aliphatic heterocycles. The third-order valence-corrected chi connectivity index (χ3v) is 5.34. The lowest BCUT2D eigenvalue weighted by Gasteiger charge is -2.18. The summed E-state index contributed by atoms with van der Waals surface area (Å²) in [6, 6.07) is 9.51. The van der Waals surface area contributed by atoms with Crippen LogP contribution in [0, 0.1) is 5.82 Å². The van der Waals surface area contributed by atoms with Crippen molar-refractivity contribution in [2.75, 3.05) is 13.1 Å². The van der Waals surface area contributed by atoms with Crippen LogP contribution in [0.2, 0.25) is 0 Å². The topological polar surface area (TPSA) is 60.5 Å². The Bertz CT molecular complexity index is 714. The number of ether oxygens (including phenoxy) is 1. The van der Waals surface area contributed by atoms with Crippen LogP contribution < -0.4 is 9.46 Å². The predicted molar refractivity (Wildman–Crippen MR) is 99.6 cm³/mol. The number of nitrogens with zero attached hydrogens (tertiary/aromatic N) is 2. The van der Waals surface area contributed by atoms with Crippen LogP contribution in [0.25, 0.3) is 0 Å². The average Bonchev–Trinajstić information content (AvgIpc) is 3.03. The van der Waals surface area contributed by atoms with E-state index in [0.717, 1.165) is 38.0 Å². The molecular weight excluding hydrogens is 353 g/mol. The van der Waals surface area contributed by atoms with Crippen LogP contribution in [-0.4, -0.2) is 39.7 Å². The lowest BCUT2D eigenvalue weighted by atomic mass is 10.2. The molecule has 2 heterocycles. The summed E-state index contributed by atoms with van der Waals surface area (Å²) in [7, 11) is 0. The number of rotatable bonds is 7. The van der Waals surface area contributed by atoms with E-state index >= 15 is 0 Å². The normalized spacial score (nSPS) is 19.0. The maximum absolute atomic E-state index is 13.2. The minimum absolute atomic E-state index is 0.114. The van der Waals surface area contributed by atoms with Gasteiger partial charge in [-0.2, -0.15) is 0 Å². The Hall–Kier alpha value is -1.67. The molecule has 0 radical (unpaired) electrons. The van der Waals surface area contributed by atoms with Gasteiger partial charge in [-0.3, -0.25) is 9.88 Å². The van der Waals surface area contributed by atoms with Crippen molar-refractivity contribution in [3.05, 3.63) is 54.1 Å². The molecule has 2 aromatic rings. The zero-order valence-corrected chi connectivity index (χ0v) is 15.8. The third-order valence-electron chi connectivity index (χ3n) is 4.14. The maximum atomic E-state index is 13.2. The first-order chi connectivity index (χ1) is 12.5. The number of nitrogens with one attached hydrogen (secondary N) is 1. The lowest BCUT2D eigenvalue weighted by Crippen LogP contribution is -2.37. The highest BCUT2D eigenvalue weighted by Crippen LogP contribution is 2.19. The molecule has 0 aliphatic carbocycles. The van der Waals surface area contributed by atoms with Gasteiger partial charge in [-0.05, 0) is 38.0 Å². The molecule has 0 amide bonds. The van der Waals surface area contributed by atoms with Crippen molar-refractivity contribution < 1.29 is 13.7 Å². The van der Waals surface area contributed by atoms with Gasteiger partial charge in [-0.15, -0.1) is 4.72 Å². The van der Waals surface area contributed by atoms with Crippen LogP contribution in [0.3, 0.4) is 0 Å². The summed E-state index contributed by atoms with van der Waals surface area (Å²) in [6.07, 6.45) is 3.61. The van der Waals surface area contributed by atoms with Crippen LogP contribution in [0.15, 0.2) is 47.6 Å². The van der Waals surface area contributed by atoms with Gasteiger partial charge in [-0.1, -0.05) is 12.1 Å². The number of hydrogen-bond acceptors (Lipinski definition) is 5. The van der Waals surface area contributed by atoms with Crippen molar-refractivity contribution in [2.45, 2.75) is 43.9 Å². The molecule has 1 N–H and O–H groups in total. The van der Waals surface area contributed by atoms with Crippen LogP contribution in [0.4, 0.5) is 4.39 Å². The summed E-state index contributed by atoms with van der Waals surface area (Å²) >= 11 is -1.45. The fourth-order valence-electron chi connectivity index (χ4n) is 2.99. The van der Waals surface area contributed by atoms with E-state index in [1.807, 2.05) is 26.0 Å². The first-order valence-electron chi connectivity index (χ1n) is 8.76. The third kappa shape index (κ3) is 5.41. The number of hydrogen-bond donors (Lipinski definition) is 1. The van der Waals surface area contributed by atoms with E-state index in [9.17, 15) is 8.94 Å². The Morgan fingerprint density at radius 3 is 2.81 bits per heavy atom. The van der Waals surface area contributed by atoms with E-state index in [1.54, 1.807) is 0 Å². The Balaban J connectivity index is 1.49. The van der Waals surface area contributed by atoms with Crippen LogP contribution in [0.5, 0.6) is 5.75 Å². The van der Waals surface area contributed by atoms with E-state index in [2.05, 4.69) is 26.7 Å². The molecule has 0 spiro atoms. The molecule has 1 unspecified atom stereocenters. The fraction of sp³-hybridized carbons (Fsp3) is 0.421. The van der Waals surface area contributed by atoms with E-state index in [0.29, 0.717) is 4.90 Å². The molecule has 1 fully saturated rings. The minimum atomic E-state index is -1.45. The molecule has 2 atom stereocenters. The zero-order valence-electron chi connectivity index (χ0n) is 15.0. The van der Waals surface area contributed by atoms with Crippen molar-refractivity contribution in [2.24, 2.45) is 0 Å². The highest BCUT2D eigenvalue weighted by atomic mass is 32.2. The summed E-state index contributed by atoms with van der Waals surface area (Å²) in [5.41, 5.74) is 1.22. The smallest absolute Gasteiger partial charge is 0.195 e. The average molecular weight is 377 g/mol. The second-order valence-corrected chi connectivity index (χ2v) is 8.00. The Morgan fingerprint density at radius 2 is 2.12 bits per heavy atom. The van der Waals surface area contributed by atoms with Gasteiger partial charge in [0.25, 0.3) is 0 Å². The summed E-state index contributed by atoms with van der Waals surface area (Å²) in [4.78, 5) is 6.43. The molecule has 140 valence electrons. The maximum Gasteiger partial charge on any atom is 0.195 e. The molecule has 3 rings (SSSR count). The molecule has 0 saturated carbocycles. The van der Waals surface area contributed by atoms with E-state index in [-0.39, 0.29) is 12.1 Å². The molecule has 7 heteroatoms. The lowest BCUT2D eigenvalue weighted by molar-refractivity contribution is 0.242. The van der Waals surface area contributed by atoms with Gasteiger partial charge < -0.3 is 9.29 Å². The summed E-state index contributed by atoms with van der Waals surface area (Å²) in [5, 5.41) is 0. The van der Waals surface area contributed by atoms with Gasteiger partial charge >= 0.3 is 0 Å². The number of likely N-dealkylation sites (tertiary alicyclic amines) is 1. The number of aromatic nitrogens is 1. The van der Waals surface area contributed by atoms with E-state index in [4.69, 9.17) is 4.74 Å². The van der Waals surface area contributed by atoms with Gasteiger partial charge in [0.05, 0.1) is 35.9 Å². The van der Waals surface area contributed by atoms with Crippen molar-refractivity contribution in [1.82, 2.24) is 14.6 Å². The molecule has 1 aromatic carbocycles. The molecule has 1 aromatic heterocycles. The van der Waals surface area contributed by atoms with Gasteiger partial charge in [-0.25, -0.2) is 4.39 Å². The van der Waals surface area contributed by atoms with Gasteiger partial charge in [0.15, 0.2) is 4.90 Å². The van der Waals surface area contributed by atoms with Crippen molar-refractivity contribution >= 4 is 11.4 Å². The zero-order chi connectivity index (χ0) is 18.5. The molecular formula is C19H24FN3O2S. The fourth-order valence-corrected chi connectivity index (χ4v) is 4.00. The molecule has 1 saturated heterocycles. The SMILES string of the molecule is CC(C)Oc1ccc(CN2CC[C@@H](N[S+]([O-])c3cncc(F)c3)C2)cc1. The summed E-state index contributed by atoms with van der Waals surface area (Å²) < 4.78 is 34.2. The van der Waals surface area contributed by atoms with Crippen LogP contribution in [-0.2, 0) is 17.9 Å². The molecule has 0 bridgehead atoms. The first kappa shape index (κ1) is 19.1. The van der Waals surface area contributed by atoms with E-state index in [1.165, 1.54) is 17.8 Å². The largest absolute Gasteiger partial charge is 0.593 e. The first-order valence-corrected chi connectivity index (χ1v) is 9.91. The van der Waals surface area contributed by atoms with Crippen molar-refractivity contribution in [3.8, 4) is 5.75 Å². The Morgan fingerprint density at radius 1 is 1.35 bits per heavy atom.